The highest BCUT2D eigenvalue weighted by Crippen LogP contribution is 2.24. The molecule has 0 bridgehead atoms. The van der Waals surface area contributed by atoms with Crippen LogP contribution < -0.4 is 10.2 Å². The minimum Gasteiger partial charge on any atom is -0.462 e. The topological polar surface area (TPSA) is 84.4 Å². The molecule has 2 aromatic rings. The van der Waals surface area contributed by atoms with Gasteiger partial charge in [0.2, 0.25) is 11.9 Å². The van der Waals surface area contributed by atoms with E-state index in [9.17, 15) is 9.59 Å². The largest absolute Gasteiger partial charge is 0.462 e. The van der Waals surface area contributed by atoms with Gasteiger partial charge in [-0.1, -0.05) is 12.1 Å². The Labute approximate surface area is 165 Å². The fourth-order valence-corrected chi connectivity index (χ4v) is 3.40. The first kappa shape index (κ1) is 19.8. The second-order valence-electron chi connectivity index (χ2n) is 6.97. The Kier molecular flexibility index (Phi) is 6.23. The van der Waals surface area contributed by atoms with E-state index in [0.717, 1.165) is 30.4 Å². The first-order valence-electron chi connectivity index (χ1n) is 9.62. The molecule has 1 aliphatic rings. The molecule has 0 radical (unpaired) electrons. The molecule has 7 nitrogen and oxygen atoms in total. The van der Waals surface area contributed by atoms with Gasteiger partial charge < -0.3 is 15.0 Å². The summed E-state index contributed by atoms with van der Waals surface area (Å²) in [5.41, 5.74) is 2.75. The summed E-state index contributed by atoms with van der Waals surface area (Å²) >= 11 is 0. The Morgan fingerprint density at radius 3 is 2.43 bits per heavy atom. The quantitative estimate of drug-likeness (QED) is 0.800. The molecule has 1 aromatic carbocycles. The average molecular weight is 382 g/mol. The fourth-order valence-electron chi connectivity index (χ4n) is 3.40. The van der Waals surface area contributed by atoms with Crippen molar-refractivity contribution in [1.82, 2.24) is 9.97 Å². The van der Waals surface area contributed by atoms with Gasteiger partial charge in [0.15, 0.2) is 0 Å². The lowest BCUT2D eigenvalue weighted by molar-refractivity contribution is -0.120. The van der Waals surface area contributed by atoms with E-state index in [1.165, 1.54) is 0 Å². The summed E-state index contributed by atoms with van der Waals surface area (Å²) in [5, 5.41) is 2.90. The highest BCUT2D eigenvalue weighted by molar-refractivity contribution is 6.01. The fraction of sp³-hybridized carbons (Fsp3) is 0.429. The smallest absolute Gasteiger partial charge is 0.340 e. The number of benzene rings is 1. The Morgan fingerprint density at radius 1 is 1.14 bits per heavy atom. The van der Waals surface area contributed by atoms with Gasteiger partial charge in [-0.2, -0.15) is 0 Å². The zero-order valence-electron chi connectivity index (χ0n) is 16.6. The van der Waals surface area contributed by atoms with Crippen molar-refractivity contribution in [3.8, 4) is 0 Å². The van der Waals surface area contributed by atoms with Crippen molar-refractivity contribution in [2.24, 2.45) is 5.92 Å². The summed E-state index contributed by atoms with van der Waals surface area (Å²) in [5.74, 6) is 0.111. The molecule has 0 aliphatic carbocycles. The number of carbonyl (C=O) groups is 2. The first-order valence-corrected chi connectivity index (χ1v) is 9.62. The summed E-state index contributed by atoms with van der Waals surface area (Å²) in [6.07, 6.45) is 1.42. The summed E-state index contributed by atoms with van der Waals surface area (Å²) in [7, 11) is 0. The van der Waals surface area contributed by atoms with E-state index < -0.39 is 5.97 Å². The van der Waals surface area contributed by atoms with Crippen molar-refractivity contribution in [2.45, 2.75) is 33.6 Å². The summed E-state index contributed by atoms with van der Waals surface area (Å²) < 4.78 is 5.07. The molecule has 3 rings (SSSR count). The number of para-hydroxylation sites is 1. The van der Waals surface area contributed by atoms with Crippen LogP contribution in [0, 0.1) is 19.8 Å². The van der Waals surface area contributed by atoms with Crippen molar-refractivity contribution < 1.29 is 14.3 Å². The van der Waals surface area contributed by atoms with Gasteiger partial charge in [0, 0.05) is 30.4 Å². The summed E-state index contributed by atoms with van der Waals surface area (Å²) in [6.45, 7) is 7.41. The maximum Gasteiger partial charge on any atom is 0.340 e. The van der Waals surface area contributed by atoms with Gasteiger partial charge in [0.05, 0.1) is 17.9 Å². The van der Waals surface area contributed by atoms with Crippen LogP contribution in [-0.2, 0) is 9.53 Å². The normalized spacial score (nSPS) is 14.6. The Hall–Kier alpha value is -2.96. The molecule has 28 heavy (non-hydrogen) atoms. The lowest BCUT2D eigenvalue weighted by atomic mass is 9.96. The number of nitrogens with zero attached hydrogens (tertiary/aromatic N) is 3. The number of piperidine rings is 1. The van der Waals surface area contributed by atoms with Crippen LogP contribution in [0.5, 0.6) is 0 Å². The lowest BCUT2D eigenvalue weighted by Gasteiger charge is -2.31. The van der Waals surface area contributed by atoms with Crippen LogP contribution in [0.4, 0.5) is 11.6 Å². The van der Waals surface area contributed by atoms with E-state index in [-0.39, 0.29) is 11.8 Å². The molecule has 0 atom stereocenters. The van der Waals surface area contributed by atoms with Crippen LogP contribution in [0.3, 0.4) is 0 Å². The minimum atomic E-state index is -0.430. The SMILES string of the molecule is CCOC(=O)c1ccccc1NC(=O)C1CCN(c2nc(C)cc(C)n2)CC1. The average Bonchev–Trinajstić information content (AvgIpc) is 2.68. The number of aromatic nitrogens is 2. The van der Waals surface area contributed by atoms with Crippen LogP contribution in [-0.4, -0.2) is 41.5 Å². The molecular weight excluding hydrogens is 356 g/mol. The Bertz CT molecular complexity index is 840. The van der Waals surface area contributed by atoms with Gasteiger partial charge in [-0.15, -0.1) is 0 Å². The van der Waals surface area contributed by atoms with E-state index in [1.54, 1.807) is 31.2 Å². The number of rotatable bonds is 5. The van der Waals surface area contributed by atoms with E-state index in [4.69, 9.17) is 4.74 Å². The van der Waals surface area contributed by atoms with Crippen molar-refractivity contribution in [1.29, 1.82) is 0 Å². The Morgan fingerprint density at radius 2 is 1.79 bits per heavy atom. The molecule has 1 aliphatic heterocycles. The summed E-state index contributed by atoms with van der Waals surface area (Å²) in [6, 6.07) is 8.88. The number of hydrogen-bond acceptors (Lipinski definition) is 6. The second-order valence-corrected chi connectivity index (χ2v) is 6.97. The molecule has 148 valence electrons. The van der Waals surface area contributed by atoms with E-state index in [0.29, 0.717) is 30.7 Å². The van der Waals surface area contributed by atoms with Crippen molar-refractivity contribution in [3.63, 3.8) is 0 Å². The number of esters is 1. The predicted molar refractivity (Wildman–Crippen MR) is 107 cm³/mol. The van der Waals surface area contributed by atoms with Crippen LogP contribution in [0.1, 0.15) is 41.5 Å². The van der Waals surface area contributed by atoms with Gasteiger partial charge in [0.1, 0.15) is 0 Å². The first-order chi connectivity index (χ1) is 13.5. The van der Waals surface area contributed by atoms with Crippen LogP contribution in [0.25, 0.3) is 0 Å². The number of aryl methyl sites for hydroxylation is 2. The molecule has 1 fully saturated rings. The maximum atomic E-state index is 12.7. The van der Waals surface area contributed by atoms with Gasteiger partial charge in [-0.3, -0.25) is 4.79 Å². The van der Waals surface area contributed by atoms with E-state index >= 15 is 0 Å². The van der Waals surface area contributed by atoms with E-state index in [2.05, 4.69) is 20.2 Å². The monoisotopic (exact) mass is 382 g/mol. The molecule has 0 spiro atoms. The number of hydrogen-bond donors (Lipinski definition) is 1. The number of nitrogens with one attached hydrogen (secondary N) is 1. The minimum absolute atomic E-state index is 0.0715. The third-order valence-electron chi connectivity index (χ3n) is 4.80. The van der Waals surface area contributed by atoms with Gasteiger partial charge in [-0.25, -0.2) is 14.8 Å². The van der Waals surface area contributed by atoms with Gasteiger partial charge in [0.25, 0.3) is 0 Å². The van der Waals surface area contributed by atoms with Crippen LogP contribution in [0.15, 0.2) is 30.3 Å². The lowest BCUT2D eigenvalue weighted by Crippen LogP contribution is -2.39. The zero-order valence-corrected chi connectivity index (χ0v) is 16.6. The molecule has 0 saturated carbocycles. The van der Waals surface area contributed by atoms with Gasteiger partial charge in [-0.05, 0) is 51.8 Å². The zero-order chi connectivity index (χ0) is 20.1. The third-order valence-corrected chi connectivity index (χ3v) is 4.80. The van der Waals surface area contributed by atoms with E-state index in [1.807, 2.05) is 19.9 Å². The molecule has 1 aromatic heterocycles. The van der Waals surface area contributed by atoms with Crippen molar-refractivity contribution >= 4 is 23.5 Å². The second kappa shape index (κ2) is 8.82. The van der Waals surface area contributed by atoms with Crippen molar-refractivity contribution in [3.05, 3.63) is 47.3 Å². The van der Waals surface area contributed by atoms with Crippen molar-refractivity contribution in [2.75, 3.05) is 29.9 Å². The molecular formula is C21H26N4O3. The van der Waals surface area contributed by atoms with Gasteiger partial charge >= 0.3 is 5.97 Å². The number of amides is 1. The molecule has 0 unspecified atom stereocenters. The number of anilines is 2. The molecule has 2 heterocycles. The summed E-state index contributed by atoms with van der Waals surface area (Å²) in [4.78, 5) is 36.0. The molecule has 1 saturated heterocycles. The third kappa shape index (κ3) is 4.65. The van der Waals surface area contributed by atoms with Crippen LogP contribution >= 0.6 is 0 Å². The standard InChI is InChI=1S/C21H26N4O3/c1-4-28-20(27)17-7-5-6-8-18(17)24-19(26)16-9-11-25(12-10-16)21-22-14(2)13-15(3)23-21/h5-8,13,16H,4,9-12H2,1-3H3,(H,24,26). The van der Waals surface area contributed by atoms with Crippen LogP contribution in [0.2, 0.25) is 0 Å². The predicted octanol–water partition coefficient (Wildman–Crippen LogP) is 3.13. The highest BCUT2D eigenvalue weighted by atomic mass is 16.5. The molecule has 1 N–H and O–H groups in total. The number of carbonyl (C=O) groups excluding carboxylic acids is 2. The Balaban J connectivity index is 1.62. The highest BCUT2D eigenvalue weighted by Gasteiger charge is 2.27. The molecule has 7 heteroatoms. The molecule has 1 amide bonds. The maximum absolute atomic E-state index is 12.7. The number of ether oxygens (including phenoxy) is 1.